The van der Waals surface area contributed by atoms with Crippen LogP contribution < -0.4 is 10.0 Å². The summed E-state index contributed by atoms with van der Waals surface area (Å²) in [5, 5.41) is 2.96. The molecule has 1 atom stereocenters. The van der Waals surface area contributed by atoms with Crippen molar-refractivity contribution < 1.29 is 9.21 Å². The molecule has 0 radical (unpaired) electrons. The molecular formula is C23H26N4O2S. The molecule has 0 saturated heterocycles. The van der Waals surface area contributed by atoms with Gasteiger partial charge >= 0.3 is 0 Å². The van der Waals surface area contributed by atoms with Crippen molar-refractivity contribution in [3.05, 3.63) is 77.5 Å². The second-order valence-corrected chi connectivity index (χ2v) is 7.53. The standard InChI is InChI=1S/C21H20N4O2S.C2H6/c1-13-4-3-5-15(10-13)16(21-22-8-9-27-21)12-23-20(26)19-24-17-7-6-14(2)11-18(17)28-25-19;1-2/h3-11,16H,12H2,1-2H3,(H,23,26)(H,24,25);1-2H3. The van der Waals surface area contributed by atoms with Gasteiger partial charge in [0.2, 0.25) is 11.7 Å². The lowest BCUT2D eigenvalue weighted by molar-refractivity contribution is -0.115. The summed E-state index contributed by atoms with van der Waals surface area (Å²) in [6.45, 7) is 8.42. The first-order chi connectivity index (χ1) is 14.6. The van der Waals surface area contributed by atoms with Gasteiger partial charge in [0.1, 0.15) is 6.26 Å². The Morgan fingerprint density at radius 1 is 1.17 bits per heavy atom. The zero-order valence-electron chi connectivity index (χ0n) is 17.6. The largest absolute Gasteiger partial charge is 0.448 e. The molecule has 0 bridgehead atoms. The first-order valence-corrected chi connectivity index (χ1v) is 10.8. The number of amides is 1. The molecule has 2 heterocycles. The van der Waals surface area contributed by atoms with Crippen LogP contribution in [0.2, 0.25) is 0 Å². The number of hydrogen-bond acceptors (Lipinski definition) is 6. The molecule has 156 valence electrons. The Hall–Kier alpha value is -3.06. The van der Waals surface area contributed by atoms with Gasteiger partial charge in [0.15, 0.2) is 0 Å². The van der Waals surface area contributed by atoms with Crippen LogP contribution in [0.3, 0.4) is 0 Å². The molecule has 1 amide bonds. The van der Waals surface area contributed by atoms with Gasteiger partial charge in [-0.25, -0.2) is 9.98 Å². The number of aliphatic imine (C=N–C) groups is 1. The highest BCUT2D eigenvalue weighted by atomic mass is 32.2. The van der Waals surface area contributed by atoms with Crippen LogP contribution >= 0.6 is 11.9 Å². The van der Waals surface area contributed by atoms with Crippen LogP contribution in [0.1, 0.15) is 42.3 Å². The normalized spacial score (nSPS) is 13.1. The molecule has 3 aromatic rings. The first kappa shape index (κ1) is 21.6. The summed E-state index contributed by atoms with van der Waals surface area (Å²) in [5.41, 5.74) is 4.13. The molecule has 0 spiro atoms. The van der Waals surface area contributed by atoms with E-state index in [4.69, 9.17) is 4.42 Å². The van der Waals surface area contributed by atoms with Crippen molar-refractivity contribution in [3.63, 3.8) is 0 Å². The topological polar surface area (TPSA) is 79.5 Å². The number of carbonyl (C=O) groups is 1. The molecule has 2 N–H and O–H groups in total. The fourth-order valence-electron chi connectivity index (χ4n) is 3.06. The molecule has 1 unspecified atom stereocenters. The van der Waals surface area contributed by atoms with Crippen molar-refractivity contribution in [2.75, 3.05) is 6.54 Å². The molecule has 7 heteroatoms. The van der Waals surface area contributed by atoms with Crippen LogP contribution in [-0.2, 0) is 4.79 Å². The predicted octanol–water partition coefficient (Wildman–Crippen LogP) is 4.91. The summed E-state index contributed by atoms with van der Waals surface area (Å²) in [5.74, 6) is 0.421. The molecule has 6 nitrogen and oxygen atoms in total. The lowest BCUT2D eigenvalue weighted by Crippen LogP contribution is -2.40. The van der Waals surface area contributed by atoms with Gasteiger partial charge in [0.05, 0.1) is 22.7 Å². The second-order valence-electron chi connectivity index (χ2n) is 6.68. The van der Waals surface area contributed by atoms with Crippen molar-refractivity contribution in [3.8, 4) is 0 Å². The number of amidine groups is 1. The maximum atomic E-state index is 12.7. The van der Waals surface area contributed by atoms with Gasteiger partial charge in [-0.3, -0.25) is 4.79 Å². The van der Waals surface area contributed by atoms with E-state index >= 15 is 0 Å². The van der Waals surface area contributed by atoms with E-state index < -0.39 is 0 Å². The highest BCUT2D eigenvalue weighted by Crippen LogP contribution is 2.32. The number of hydrogen-bond donors (Lipinski definition) is 2. The Bertz CT molecular complexity index is 1030. The van der Waals surface area contributed by atoms with Crippen molar-refractivity contribution in [1.29, 1.82) is 0 Å². The number of nitrogens with one attached hydrogen (secondary N) is 2. The van der Waals surface area contributed by atoms with Gasteiger partial charge in [-0.2, -0.15) is 0 Å². The van der Waals surface area contributed by atoms with Gasteiger partial charge in [0, 0.05) is 6.54 Å². The number of aryl methyl sites for hydroxylation is 2. The van der Waals surface area contributed by atoms with Crippen LogP contribution in [0.25, 0.3) is 0 Å². The summed E-state index contributed by atoms with van der Waals surface area (Å²) in [6, 6.07) is 14.1. The molecular weight excluding hydrogens is 396 g/mol. The Morgan fingerprint density at radius 3 is 2.70 bits per heavy atom. The third-order valence-corrected chi connectivity index (χ3v) is 5.32. The zero-order valence-corrected chi connectivity index (χ0v) is 18.4. The lowest BCUT2D eigenvalue weighted by Gasteiger charge is -2.19. The molecule has 0 aliphatic carbocycles. The molecule has 1 aromatic heterocycles. The molecule has 1 aliphatic rings. The summed E-state index contributed by atoms with van der Waals surface area (Å²) in [4.78, 5) is 22.4. The number of oxazole rings is 1. The van der Waals surface area contributed by atoms with E-state index in [0.717, 1.165) is 27.3 Å². The third kappa shape index (κ3) is 5.10. The molecule has 1 aliphatic heterocycles. The van der Waals surface area contributed by atoms with Crippen molar-refractivity contribution >= 4 is 29.4 Å². The van der Waals surface area contributed by atoms with Gasteiger partial charge in [-0.1, -0.05) is 49.7 Å². The van der Waals surface area contributed by atoms with E-state index in [1.807, 2.05) is 64.1 Å². The van der Waals surface area contributed by atoms with Crippen LogP contribution in [0, 0.1) is 13.8 Å². The highest BCUT2D eigenvalue weighted by Gasteiger charge is 2.23. The van der Waals surface area contributed by atoms with Crippen molar-refractivity contribution in [2.24, 2.45) is 4.99 Å². The fourth-order valence-corrected chi connectivity index (χ4v) is 3.87. The molecule has 4 rings (SSSR count). The Kier molecular flexibility index (Phi) is 7.30. The smallest absolute Gasteiger partial charge is 0.287 e. The maximum Gasteiger partial charge on any atom is 0.287 e. The van der Waals surface area contributed by atoms with Gasteiger partial charge < -0.3 is 14.5 Å². The number of benzene rings is 2. The zero-order chi connectivity index (χ0) is 21.5. The average molecular weight is 423 g/mol. The summed E-state index contributed by atoms with van der Waals surface area (Å²) < 4.78 is 8.54. The minimum Gasteiger partial charge on any atom is -0.448 e. The Labute approximate surface area is 181 Å². The summed E-state index contributed by atoms with van der Waals surface area (Å²) in [7, 11) is 0. The summed E-state index contributed by atoms with van der Waals surface area (Å²) in [6.07, 6.45) is 3.16. The van der Waals surface area contributed by atoms with Gasteiger partial charge in [-0.15, -0.1) is 0 Å². The van der Waals surface area contributed by atoms with Crippen molar-refractivity contribution in [2.45, 2.75) is 38.5 Å². The number of carbonyl (C=O) groups excluding carboxylic acids is 1. The minimum absolute atomic E-state index is 0.175. The van der Waals surface area contributed by atoms with Gasteiger partial charge in [-0.05, 0) is 49.1 Å². The second kappa shape index (κ2) is 10.1. The number of rotatable bonds is 5. The SMILES string of the molecule is CC.Cc1cccc(C(CNC(=O)C2=Nc3ccc(C)cc3SN2)c2ncco2)c1. The Morgan fingerprint density at radius 2 is 1.97 bits per heavy atom. The van der Waals surface area contributed by atoms with Gasteiger partial charge in [0.25, 0.3) is 5.91 Å². The predicted molar refractivity (Wildman–Crippen MR) is 121 cm³/mol. The van der Waals surface area contributed by atoms with E-state index in [9.17, 15) is 4.79 Å². The molecule has 0 fully saturated rings. The minimum atomic E-state index is -0.261. The number of nitrogens with zero attached hydrogens (tertiary/aromatic N) is 2. The Balaban J connectivity index is 0.00000124. The average Bonchev–Trinajstić information content (AvgIpc) is 3.29. The van der Waals surface area contributed by atoms with E-state index in [0.29, 0.717) is 12.4 Å². The maximum absolute atomic E-state index is 12.7. The van der Waals surface area contributed by atoms with Crippen LogP contribution in [-0.4, -0.2) is 23.3 Å². The lowest BCUT2D eigenvalue weighted by atomic mass is 9.97. The van der Waals surface area contributed by atoms with Crippen LogP contribution in [0.4, 0.5) is 5.69 Å². The quantitative estimate of drug-likeness (QED) is 0.571. The molecule has 2 aromatic carbocycles. The van der Waals surface area contributed by atoms with E-state index in [1.54, 1.807) is 12.5 Å². The van der Waals surface area contributed by atoms with E-state index in [-0.39, 0.29) is 17.7 Å². The summed E-state index contributed by atoms with van der Waals surface area (Å²) >= 11 is 1.40. The van der Waals surface area contributed by atoms with Crippen molar-refractivity contribution in [1.82, 2.24) is 15.0 Å². The monoisotopic (exact) mass is 422 g/mol. The first-order valence-electron chi connectivity index (χ1n) is 9.96. The van der Waals surface area contributed by atoms with Crippen LogP contribution in [0.15, 0.2) is 69.2 Å². The van der Waals surface area contributed by atoms with E-state index in [1.165, 1.54) is 11.9 Å². The van der Waals surface area contributed by atoms with Crippen LogP contribution in [0.5, 0.6) is 0 Å². The third-order valence-electron chi connectivity index (χ3n) is 4.48. The molecule has 0 saturated carbocycles. The van der Waals surface area contributed by atoms with E-state index in [2.05, 4.69) is 26.1 Å². The highest BCUT2D eigenvalue weighted by molar-refractivity contribution is 7.98. The number of aromatic nitrogens is 1. The molecule has 30 heavy (non-hydrogen) atoms. The number of fused-ring (bicyclic) bond motifs is 1. The fraction of sp³-hybridized carbons (Fsp3) is 0.261.